The summed E-state index contributed by atoms with van der Waals surface area (Å²) in [5.74, 6) is -3.16. The molecule has 0 aromatic heterocycles. The number of nitrogens with two attached hydrogens (primary N) is 1. The Morgan fingerprint density at radius 2 is 1.40 bits per heavy atom. The molecule has 0 spiro atoms. The highest BCUT2D eigenvalue weighted by Crippen LogP contribution is 2.44. The van der Waals surface area contributed by atoms with Crippen LogP contribution in [0.2, 0.25) is 0 Å². The van der Waals surface area contributed by atoms with Gasteiger partial charge in [-0.3, -0.25) is 14.5 Å². The number of nitrogens with zero attached hydrogens (tertiary/aromatic N) is 1. The number of fused-ring (bicyclic) bond motifs is 3. The largest absolute Gasteiger partial charge is 0.480 e. The lowest BCUT2D eigenvalue weighted by Crippen LogP contribution is -2.54. The smallest absolute Gasteiger partial charge is 0.410 e. The fourth-order valence-electron chi connectivity index (χ4n) is 6.52. The molecular formula is C40H50N6O9. The molecule has 7 N–H and O–H groups in total. The Balaban J connectivity index is 1.37. The van der Waals surface area contributed by atoms with E-state index in [1.807, 2.05) is 48.5 Å². The zero-order chi connectivity index (χ0) is 40.2. The van der Waals surface area contributed by atoms with Crippen LogP contribution in [0.4, 0.5) is 20.1 Å². The minimum absolute atomic E-state index is 0.0613. The van der Waals surface area contributed by atoms with Crippen molar-refractivity contribution in [3.63, 3.8) is 0 Å². The summed E-state index contributed by atoms with van der Waals surface area (Å²) in [5, 5.41) is 20.1. The second kappa shape index (κ2) is 19.3. The number of carbonyl (C=O) groups excluding carboxylic acids is 5. The number of urea groups is 1. The van der Waals surface area contributed by atoms with Gasteiger partial charge in [0.05, 0.1) is 0 Å². The molecule has 6 amide bonds. The molecule has 0 radical (unpaired) electrons. The number of alkyl carbamates (subject to hydrolysis) is 1. The molecule has 15 heteroatoms. The molecule has 0 saturated carbocycles. The number of aliphatic carboxylic acids is 1. The first-order valence-corrected chi connectivity index (χ1v) is 18.1. The van der Waals surface area contributed by atoms with E-state index in [0.29, 0.717) is 17.7 Å². The summed E-state index contributed by atoms with van der Waals surface area (Å²) in [4.78, 5) is 76.6. The van der Waals surface area contributed by atoms with Crippen LogP contribution in [0, 0.1) is 11.8 Å². The summed E-state index contributed by atoms with van der Waals surface area (Å²) in [6.45, 7) is 6.98. The summed E-state index contributed by atoms with van der Waals surface area (Å²) in [5.41, 5.74) is 10.4. The number of hydrogen-bond donors (Lipinski definition) is 6. The van der Waals surface area contributed by atoms with Gasteiger partial charge in [0, 0.05) is 25.2 Å². The fraction of sp³-hybridized carbons (Fsp3) is 0.400. The van der Waals surface area contributed by atoms with Gasteiger partial charge in [-0.2, -0.15) is 0 Å². The summed E-state index contributed by atoms with van der Waals surface area (Å²) >= 11 is 0. The Bertz CT molecular complexity index is 1800. The Labute approximate surface area is 320 Å². The third-order valence-corrected chi connectivity index (χ3v) is 9.34. The molecule has 3 atom stereocenters. The monoisotopic (exact) mass is 758 g/mol. The van der Waals surface area contributed by atoms with Crippen molar-refractivity contribution in [2.75, 3.05) is 25.5 Å². The quantitative estimate of drug-likeness (QED) is 0.104. The average Bonchev–Trinajstić information content (AvgIpc) is 3.46. The maximum Gasteiger partial charge on any atom is 0.410 e. The topological polar surface area (TPSA) is 218 Å². The maximum atomic E-state index is 13.6. The van der Waals surface area contributed by atoms with Gasteiger partial charge in [0.15, 0.2) is 0 Å². The van der Waals surface area contributed by atoms with E-state index in [0.717, 1.165) is 27.2 Å². The van der Waals surface area contributed by atoms with E-state index in [4.69, 9.17) is 15.2 Å². The molecule has 1 aliphatic rings. The lowest BCUT2D eigenvalue weighted by atomic mass is 9.98. The summed E-state index contributed by atoms with van der Waals surface area (Å²) in [6, 6.07) is 18.4. The van der Waals surface area contributed by atoms with E-state index in [9.17, 15) is 33.9 Å². The number of amides is 6. The van der Waals surface area contributed by atoms with Gasteiger partial charge in [-0.25, -0.2) is 19.2 Å². The van der Waals surface area contributed by atoms with E-state index in [1.165, 1.54) is 7.05 Å². The van der Waals surface area contributed by atoms with Gasteiger partial charge in [0.25, 0.3) is 0 Å². The Morgan fingerprint density at radius 3 is 1.95 bits per heavy atom. The van der Waals surface area contributed by atoms with Gasteiger partial charge in [-0.1, -0.05) is 88.4 Å². The van der Waals surface area contributed by atoms with Gasteiger partial charge in [-0.15, -0.1) is 0 Å². The van der Waals surface area contributed by atoms with Crippen LogP contribution in [-0.4, -0.2) is 84.3 Å². The minimum atomic E-state index is -1.14. The third-order valence-electron chi connectivity index (χ3n) is 9.34. The second-order valence-electron chi connectivity index (χ2n) is 14.1. The van der Waals surface area contributed by atoms with Crippen molar-refractivity contribution in [1.82, 2.24) is 20.9 Å². The molecule has 0 bridgehead atoms. The predicted molar refractivity (Wildman–Crippen MR) is 205 cm³/mol. The number of benzene rings is 3. The number of carbonyl (C=O) groups is 6. The SMILES string of the molecule is CC(C)C(C(=O)O)N(C)C(=O)OCc1ccc(NC(=O)[C@H](CCCNC(N)=O)NC(=O)[C@@H](NC(=O)OCC2c3ccccc3-c3ccccc32)C(C)C)cc1. The first-order chi connectivity index (χ1) is 26.2. The first-order valence-electron chi connectivity index (χ1n) is 18.1. The molecule has 15 nitrogen and oxygen atoms in total. The lowest BCUT2D eigenvalue weighted by Gasteiger charge is -2.26. The fourth-order valence-corrected chi connectivity index (χ4v) is 6.52. The molecule has 294 valence electrons. The van der Waals surface area contributed by atoms with Gasteiger partial charge in [0.2, 0.25) is 11.8 Å². The van der Waals surface area contributed by atoms with E-state index in [1.54, 1.807) is 52.0 Å². The van der Waals surface area contributed by atoms with Crippen LogP contribution in [0.3, 0.4) is 0 Å². The number of ether oxygens (including phenoxy) is 2. The Morgan fingerprint density at radius 1 is 0.800 bits per heavy atom. The van der Waals surface area contributed by atoms with Gasteiger partial charge >= 0.3 is 24.2 Å². The van der Waals surface area contributed by atoms with Crippen LogP contribution in [0.5, 0.6) is 0 Å². The number of likely N-dealkylation sites (N-methyl/N-ethyl adjacent to an activating group) is 1. The summed E-state index contributed by atoms with van der Waals surface area (Å²) < 4.78 is 11.0. The molecule has 0 heterocycles. The van der Waals surface area contributed by atoms with Crippen molar-refractivity contribution >= 4 is 41.7 Å². The highest BCUT2D eigenvalue weighted by molar-refractivity contribution is 5.98. The molecule has 55 heavy (non-hydrogen) atoms. The van der Waals surface area contributed by atoms with E-state index in [-0.39, 0.29) is 43.9 Å². The van der Waals surface area contributed by atoms with Crippen LogP contribution in [0.25, 0.3) is 11.1 Å². The number of hydrogen-bond acceptors (Lipinski definition) is 8. The molecule has 0 fully saturated rings. The molecule has 1 unspecified atom stereocenters. The van der Waals surface area contributed by atoms with Gasteiger partial charge in [0.1, 0.15) is 31.3 Å². The van der Waals surface area contributed by atoms with Crippen molar-refractivity contribution in [1.29, 1.82) is 0 Å². The maximum absolute atomic E-state index is 13.6. The predicted octanol–water partition coefficient (Wildman–Crippen LogP) is 4.80. The highest BCUT2D eigenvalue weighted by atomic mass is 16.6. The van der Waals surface area contributed by atoms with Crippen molar-refractivity contribution in [3.05, 3.63) is 89.5 Å². The molecule has 1 aliphatic carbocycles. The zero-order valence-corrected chi connectivity index (χ0v) is 31.7. The Hall–Kier alpha value is -6.12. The van der Waals surface area contributed by atoms with Gasteiger partial charge in [-0.05, 0) is 64.6 Å². The first kappa shape index (κ1) is 41.6. The van der Waals surface area contributed by atoms with Crippen LogP contribution in [0.15, 0.2) is 72.8 Å². The zero-order valence-electron chi connectivity index (χ0n) is 31.7. The third kappa shape index (κ3) is 11.2. The second-order valence-corrected chi connectivity index (χ2v) is 14.1. The molecule has 0 saturated heterocycles. The number of carboxylic acid groups (broad SMARTS) is 1. The van der Waals surface area contributed by atoms with Crippen LogP contribution in [-0.2, 0) is 30.5 Å². The van der Waals surface area contributed by atoms with E-state index >= 15 is 0 Å². The highest BCUT2D eigenvalue weighted by Gasteiger charge is 2.33. The minimum Gasteiger partial charge on any atom is -0.480 e. The Kier molecular flexibility index (Phi) is 14.6. The lowest BCUT2D eigenvalue weighted by molar-refractivity contribution is -0.143. The van der Waals surface area contributed by atoms with Crippen molar-refractivity contribution < 1.29 is 43.3 Å². The standard InChI is InChI=1S/C40H50N6O9/c1-23(2)33(45-39(52)54-22-31-29-13-8-6-11-27(29)28-12-7-9-14-30(28)31)36(48)44-32(15-10-20-42-38(41)51)35(47)43-26-18-16-25(17-19-26)21-55-40(53)46(5)34(24(3)4)37(49)50/h6-9,11-14,16-19,23-24,31-34H,10,15,20-22H2,1-5H3,(H,43,47)(H,44,48)(H,45,52)(H,49,50)(H3,41,42,51)/t32-,33-,34?/m0/s1. The molecule has 4 rings (SSSR count). The van der Waals surface area contributed by atoms with Crippen LogP contribution >= 0.6 is 0 Å². The summed E-state index contributed by atoms with van der Waals surface area (Å²) in [6.07, 6.45) is -1.15. The van der Waals surface area contributed by atoms with Crippen LogP contribution in [0.1, 0.15) is 63.1 Å². The normalized spacial score (nSPS) is 13.4. The van der Waals surface area contributed by atoms with Crippen molar-refractivity contribution in [2.45, 2.75) is 71.2 Å². The molecule has 3 aromatic carbocycles. The van der Waals surface area contributed by atoms with Crippen LogP contribution < -0.4 is 27.0 Å². The van der Waals surface area contributed by atoms with Crippen molar-refractivity contribution in [3.8, 4) is 11.1 Å². The van der Waals surface area contributed by atoms with E-state index in [2.05, 4.69) is 21.3 Å². The number of primary amides is 1. The number of anilines is 1. The van der Waals surface area contributed by atoms with E-state index < -0.39 is 54.1 Å². The van der Waals surface area contributed by atoms with Crippen molar-refractivity contribution in [2.24, 2.45) is 17.6 Å². The molecular weight excluding hydrogens is 708 g/mol. The number of nitrogens with one attached hydrogen (secondary N) is 4. The number of rotatable bonds is 17. The number of carboxylic acids is 1. The molecule has 0 aliphatic heterocycles. The average molecular weight is 759 g/mol. The summed E-state index contributed by atoms with van der Waals surface area (Å²) in [7, 11) is 1.36. The molecule has 3 aromatic rings. The van der Waals surface area contributed by atoms with Gasteiger partial charge < -0.3 is 41.6 Å².